The molecule has 202 valence electrons. The molecule has 3 aromatic heterocycles. The lowest BCUT2D eigenvalue weighted by atomic mass is 9.75. The number of nitrogens with zero attached hydrogens (tertiary/aromatic N) is 3. The van der Waals surface area contributed by atoms with Gasteiger partial charge < -0.3 is 15.1 Å². The van der Waals surface area contributed by atoms with Gasteiger partial charge in [0.2, 0.25) is 5.91 Å². The van der Waals surface area contributed by atoms with Gasteiger partial charge in [0.1, 0.15) is 0 Å². The molecule has 1 aliphatic heterocycles. The van der Waals surface area contributed by atoms with E-state index in [0.717, 1.165) is 78.9 Å². The third-order valence-corrected chi connectivity index (χ3v) is 9.00. The number of halogens is 1. The standard InChI is InChI=1S/C32H35ClN4O2/c1-2-3-5-25-20-35-32-26(33)19-24-8-7-23-6-4-13-34-31(23)29(28(24)30(25)32)22-11-14-36(15-12-22)27(38)18-21-9-16-37(39)17-10-21/h4,6,9-10,13,16-17,19-20,22,29,35H,2-3,5,7-8,11-12,14-15,18H2,1H3/t29-/m0/s1. The minimum atomic E-state index is 0.124. The Labute approximate surface area is 234 Å². The van der Waals surface area contributed by atoms with Crippen molar-refractivity contribution < 1.29 is 9.52 Å². The molecule has 1 fully saturated rings. The van der Waals surface area contributed by atoms with Gasteiger partial charge in [-0.25, -0.2) is 0 Å². The number of amides is 1. The normalized spacial score (nSPS) is 17.6. The molecule has 1 saturated heterocycles. The van der Waals surface area contributed by atoms with Crippen molar-refractivity contribution in [3.63, 3.8) is 0 Å². The third kappa shape index (κ3) is 5.03. The highest BCUT2D eigenvalue weighted by molar-refractivity contribution is 6.35. The Balaban J connectivity index is 1.34. The molecule has 1 amide bonds. The van der Waals surface area contributed by atoms with E-state index in [0.29, 0.717) is 12.3 Å². The van der Waals surface area contributed by atoms with Gasteiger partial charge in [-0.1, -0.05) is 31.0 Å². The van der Waals surface area contributed by atoms with Crippen LogP contribution in [0, 0.1) is 11.1 Å². The molecule has 39 heavy (non-hydrogen) atoms. The molecule has 0 unspecified atom stereocenters. The maximum atomic E-state index is 13.1. The number of carbonyl (C=O) groups is 1. The number of rotatable bonds is 6. The number of hydrogen-bond acceptors (Lipinski definition) is 3. The van der Waals surface area contributed by atoms with Crippen LogP contribution in [0.25, 0.3) is 10.9 Å². The predicted octanol–water partition coefficient (Wildman–Crippen LogP) is 5.90. The van der Waals surface area contributed by atoms with Crippen LogP contribution in [0.2, 0.25) is 5.02 Å². The zero-order valence-corrected chi connectivity index (χ0v) is 23.2. The highest BCUT2D eigenvalue weighted by atomic mass is 35.5. The van der Waals surface area contributed by atoms with Gasteiger partial charge in [-0.2, -0.15) is 4.73 Å². The molecule has 4 heterocycles. The van der Waals surface area contributed by atoms with E-state index in [-0.39, 0.29) is 11.8 Å². The molecule has 6 rings (SSSR count). The minimum absolute atomic E-state index is 0.124. The van der Waals surface area contributed by atoms with E-state index in [1.807, 2.05) is 11.1 Å². The lowest BCUT2D eigenvalue weighted by Crippen LogP contribution is -2.41. The molecular weight excluding hydrogens is 508 g/mol. The topological polar surface area (TPSA) is 75.9 Å². The molecule has 0 radical (unpaired) electrons. The van der Waals surface area contributed by atoms with E-state index in [2.05, 4.69) is 36.3 Å². The predicted molar refractivity (Wildman–Crippen MR) is 154 cm³/mol. The Morgan fingerprint density at radius 1 is 1.18 bits per heavy atom. The Morgan fingerprint density at radius 2 is 1.95 bits per heavy atom. The zero-order chi connectivity index (χ0) is 26.9. The Hall–Kier alpha value is -3.38. The number of likely N-dealkylation sites (tertiary alicyclic amines) is 1. The molecular formula is C32H35ClN4O2. The molecule has 0 saturated carbocycles. The van der Waals surface area contributed by atoms with Crippen LogP contribution in [-0.2, 0) is 30.5 Å². The molecule has 1 atom stereocenters. The summed E-state index contributed by atoms with van der Waals surface area (Å²) in [7, 11) is 0. The summed E-state index contributed by atoms with van der Waals surface area (Å²) in [5, 5.41) is 13.5. The van der Waals surface area contributed by atoms with Crippen molar-refractivity contribution in [2.75, 3.05) is 13.1 Å². The number of pyridine rings is 2. The van der Waals surface area contributed by atoms with E-state index in [1.54, 1.807) is 12.1 Å². The first-order valence-corrected chi connectivity index (χ1v) is 14.6. The van der Waals surface area contributed by atoms with Gasteiger partial charge in [-0.05, 0) is 84.4 Å². The van der Waals surface area contributed by atoms with Crippen LogP contribution in [0.1, 0.15) is 72.0 Å². The van der Waals surface area contributed by atoms with Crippen molar-refractivity contribution in [1.82, 2.24) is 14.9 Å². The summed E-state index contributed by atoms with van der Waals surface area (Å²) < 4.78 is 0.748. The number of benzene rings is 1. The fourth-order valence-electron chi connectivity index (χ4n) is 6.69. The van der Waals surface area contributed by atoms with Crippen molar-refractivity contribution in [1.29, 1.82) is 0 Å². The van der Waals surface area contributed by atoms with Crippen LogP contribution in [0.15, 0.2) is 55.1 Å². The summed E-state index contributed by atoms with van der Waals surface area (Å²) in [5.41, 5.74) is 8.53. The van der Waals surface area contributed by atoms with Gasteiger partial charge in [0.15, 0.2) is 12.4 Å². The first-order valence-electron chi connectivity index (χ1n) is 14.2. The maximum Gasteiger partial charge on any atom is 0.226 e. The molecule has 7 heteroatoms. The molecule has 1 aliphatic carbocycles. The van der Waals surface area contributed by atoms with Gasteiger partial charge in [0, 0.05) is 48.9 Å². The second kappa shape index (κ2) is 11.0. The van der Waals surface area contributed by atoms with Crippen molar-refractivity contribution in [3.8, 4) is 0 Å². The van der Waals surface area contributed by atoms with Crippen molar-refractivity contribution in [2.24, 2.45) is 5.92 Å². The average Bonchev–Trinajstić information content (AvgIpc) is 3.31. The molecule has 4 aromatic rings. The second-order valence-corrected chi connectivity index (χ2v) is 11.5. The van der Waals surface area contributed by atoms with Gasteiger partial charge in [0.05, 0.1) is 22.7 Å². The van der Waals surface area contributed by atoms with Gasteiger partial charge in [-0.3, -0.25) is 9.78 Å². The van der Waals surface area contributed by atoms with E-state index in [4.69, 9.17) is 16.6 Å². The smallest absolute Gasteiger partial charge is 0.226 e. The van der Waals surface area contributed by atoms with Crippen molar-refractivity contribution >= 4 is 28.4 Å². The molecule has 1 aromatic carbocycles. The number of unbranched alkanes of at least 4 members (excludes halogenated alkanes) is 1. The maximum absolute atomic E-state index is 13.1. The number of aromatic amines is 1. The van der Waals surface area contributed by atoms with Crippen molar-refractivity contribution in [3.05, 3.63) is 98.9 Å². The SMILES string of the molecule is CCCCc1c[nH]c2c(Cl)cc3c(c12)[C@H](C1CCN(C(=O)Cc2cc[n+]([O-])cc2)CC1)c1ncccc1CC3. The number of aryl methyl sites for hydroxylation is 3. The molecule has 6 nitrogen and oxygen atoms in total. The number of piperidine rings is 1. The fraction of sp³-hybridized carbons (Fsp3) is 0.406. The monoisotopic (exact) mass is 542 g/mol. The minimum Gasteiger partial charge on any atom is -0.619 e. The van der Waals surface area contributed by atoms with Crippen LogP contribution < -0.4 is 4.73 Å². The van der Waals surface area contributed by atoms with Gasteiger partial charge in [0.25, 0.3) is 0 Å². The third-order valence-electron chi connectivity index (χ3n) is 8.70. The number of carbonyl (C=O) groups excluding carboxylic acids is 1. The number of aromatic nitrogens is 3. The summed E-state index contributed by atoms with van der Waals surface area (Å²) in [6.45, 7) is 3.70. The lowest BCUT2D eigenvalue weighted by molar-refractivity contribution is -0.605. The largest absolute Gasteiger partial charge is 0.619 e. The number of hydrogen-bond donors (Lipinski definition) is 1. The van der Waals surface area contributed by atoms with Crippen LogP contribution >= 0.6 is 11.6 Å². The highest BCUT2D eigenvalue weighted by Crippen LogP contribution is 2.47. The van der Waals surface area contributed by atoms with E-state index >= 15 is 0 Å². The number of H-pyrrole nitrogens is 1. The summed E-state index contributed by atoms with van der Waals surface area (Å²) >= 11 is 6.86. The molecule has 0 bridgehead atoms. The Bertz CT molecular complexity index is 1490. The molecule has 1 N–H and O–H groups in total. The summed E-state index contributed by atoms with van der Waals surface area (Å²) in [4.78, 5) is 23.6. The number of nitrogens with one attached hydrogen (secondary N) is 1. The van der Waals surface area contributed by atoms with Crippen LogP contribution in [0.3, 0.4) is 0 Å². The van der Waals surface area contributed by atoms with Gasteiger partial charge in [-0.15, -0.1) is 0 Å². The average molecular weight is 543 g/mol. The van der Waals surface area contributed by atoms with Crippen LogP contribution in [-0.4, -0.2) is 33.9 Å². The van der Waals surface area contributed by atoms with E-state index in [9.17, 15) is 10.0 Å². The van der Waals surface area contributed by atoms with E-state index < -0.39 is 0 Å². The Morgan fingerprint density at radius 3 is 2.72 bits per heavy atom. The second-order valence-electron chi connectivity index (χ2n) is 11.1. The first kappa shape index (κ1) is 25.9. The van der Waals surface area contributed by atoms with Crippen LogP contribution in [0.4, 0.5) is 0 Å². The summed E-state index contributed by atoms with van der Waals surface area (Å²) in [5.74, 6) is 0.682. The summed E-state index contributed by atoms with van der Waals surface area (Å²) in [6, 6.07) is 9.93. The molecule has 0 spiro atoms. The lowest BCUT2D eigenvalue weighted by Gasteiger charge is -2.37. The Kier molecular flexibility index (Phi) is 7.30. The summed E-state index contributed by atoms with van der Waals surface area (Å²) in [6.07, 6.45) is 14.4. The fourth-order valence-corrected chi connectivity index (χ4v) is 6.97. The highest BCUT2D eigenvalue weighted by Gasteiger charge is 2.37. The first-order chi connectivity index (χ1) is 19.0. The molecule has 2 aliphatic rings. The quantitative estimate of drug-likeness (QED) is 0.243. The zero-order valence-electron chi connectivity index (χ0n) is 22.5. The number of fused-ring (bicyclic) bond motifs is 4. The van der Waals surface area contributed by atoms with E-state index in [1.165, 1.54) is 45.7 Å². The van der Waals surface area contributed by atoms with Gasteiger partial charge >= 0.3 is 0 Å². The van der Waals surface area contributed by atoms with Crippen molar-refractivity contribution in [2.45, 2.75) is 64.2 Å². The van der Waals surface area contributed by atoms with Crippen LogP contribution in [0.5, 0.6) is 0 Å².